The van der Waals surface area contributed by atoms with Crippen LogP contribution >= 0.6 is 0 Å². The number of fused-ring (bicyclic) bond motifs is 1. The van der Waals surface area contributed by atoms with E-state index in [0.29, 0.717) is 43.0 Å². The van der Waals surface area contributed by atoms with E-state index in [9.17, 15) is 9.59 Å². The molecule has 18 heavy (non-hydrogen) atoms. The molecule has 5 heteroatoms. The molecule has 96 valence electrons. The Morgan fingerprint density at radius 1 is 1.28 bits per heavy atom. The number of hydrogen-bond acceptors (Lipinski definition) is 4. The topological polar surface area (TPSA) is 72.8 Å². The van der Waals surface area contributed by atoms with Gasteiger partial charge in [0.25, 0.3) is 0 Å². The SMILES string of the molecule is O=Cc1ccc(CCC(=O)O)c2c1OCCCO2. The third-order valence-electron chi connectivity index (χ3n) is 2.74. The molecule has 1 heterocycles. The monoisotopic (exact) mass is 250 g/mol. The van der Waals surface area contributed by atoms with Gasteiger partial charge in [0.1, 0.15) is 0 Å². The highest BCUT2D eigenvalue weighted by Gasteiger charge is 2.19. The number of aryl methyl sites for hydroxylation is 1. The van der Waals surface area contributed by atoms with Crippen molar-refractivity contribution < 1.29 is 24.2 Å². The number of aliphatic carboxylic acids is 1. The summed E-state index contributed by atoms with van der Waals surface area (Å²) in [6.07, 6.45) is 1.84. The van der Waals surface area contributed by atoms with Gasteiger partial charge in [-0.15, -0.1) is 0 Å². The summed E-state index contributed by atoms with van der Waals surface area (Å²) in [5, 5.41) is 8.71. The molecule has 0 aromatic heterocycles. The zero-order valence-corrected chi connectivity index (χ0v) is 9.85. The van der Waals surface area contributed by atoms with Crippen molar-refractivity contribution >= 4 is 12.3 Å². The molecule has 1 N–H and O–H groups in total. The molecule has 0 saturated carbocycles. The number of aldehydes is 1. The maximum atomic E-state index is 10.9. The summed E-state index contributed by atoms with van der Waals surface area (Å²) in [6.45, 7) is 1.01. The molecule has 1 aromatic rings. The second-order valence-electron chi connectivity index (χ2n) is 4.03. The van der Waals surface area contributed by atoms with E-state index >= 15 is 0 Å². The predicted octanol–water partition coefficient (Wildman–Crippen LogP) is 1.68. The van der Waals surface area contributed by atoms with E-state index in [1.807, 2.05) is 0 Å². The molecule has 1 aliphatic rings. The van der Waals surface area contributed by atoms with E-state index in [4.69, 9.17) is 14.6 Å². The minimum absolute atomic E-state index is 0.0240. The van der Waals surface area contributed by atoms with Crippen molar-refractivity contribution in [1.29, 1.82) is 0 Å². The standard InChI is InChI=1S/C13H14O5/c14-8-10-3-2-9(4-5-11(15)16)12-13(10)18-7-1-6-17-12/h2-3,8H,1,4-7H2,(H,15,16). The lowest BCUT2D eigenvalue weighted by Gasteiger charge is -2.13. The molecule has 0 bridgehead atoms. The Balaban J connectivity index is 2.35. The van der Waals surface area contributed by atoms with Gasteiger partial charge in [-0.3, -0.25) is 9.59 Å². The molecule has 0 fully saturated rings. The number of carbonyl (C=O) groups excluding carboxylic acids is 1. The van der Waals surface area contributed by atoms with Crippen LogP contribution in [0, 0.1) is 0 Å². The molecule has 0 spiro atoms. The maximum absolute atomic E-state index is 10.9. The Bertz CT molecular complexity index is 467. The summed E-state index contributed by atoms with van der Waals surface area (Å²) in [7, 11) is 0. The van der Waals surface area contributed by atoms with Crippen LogP contribution in [0.25, 0.3) is 0 Å². The van der Waals surface area contributed by atoms with Crippen LogP contribution in [-0.4, -0.2) is 30.6 Å². The molecule has 2 rings (SSSR count). The Labute approximate surface area is 104 Å². The number of rotatable bonds is 4. The van der Waals surface area contributed by atoms with E-state index in [1.165, 1.54) is 0 Å². The van der Waals surface area contributed by atoms with Gasteiger partial charge in [-0.1, -0.05) is 6.07 Å². The van der Waals surface area contributed by atoms with Gasteiger partial charge in [-0.05, 0) is 18.1 Å². The molecular weight excluding hydrogens is 236 g/mol. The van der Waals surface area contributed by atoms with Gasteiger partial charge in [-0.2, -0.15) is 0 Å². The summed E-state index contributed by atoms with van der Waals surface area (Å²) in [4.78, 5) is 21.5. The van der Waals surface area contributed by atoms with Crippen molar-refractivity contribution in [2.75, 3.05) is 13.2 Å². The third kappa shape index (κ3) is 2.61. The molecule has 5 nitrogen and oxygen atoms in total. The number of ether oxygens (including phenoxy) is 2. The van der Waals surface area contributed by atoms with E-state index in [-0.39, 0.29) is 6.42 Å². The van der Waals surface area contributed by atoms with E-state index < -0.39 is 5.97 Å². The highest BCUT2D eigenvalue weighted by molar-refractivity contribution is 5.82. The Morgan fingerprint density at radius 2 is 2.00 bits per heavy atom. The summed E-state index contributed by atoms with van der Waals surface area (Å²) in [5.41, 5.74) is 1.20. The second kappa shape index (κ2) is 5.53. The molecule has 1 aromatic carbocycles. The quantitative estimate of drug-likeness (QED) is 0.823. The van der Waals surface area contributed by atoms with Gasteiger partial charge in [-0.25, -0.2) is 0 Å². The van der Waals surface area contributed by atoms with Crippen LogP contribution in [0.1, 0.15) is 28.8 Å². The highest BCUT2D eigenvalue weighted by atomic mass is 16.5. The predicted molar refractivity (Wildman–Crippen MR) is 63.4 cm³/mol. The molecule has 0 saturated heterocycles. The average molecular weight is 250 g/mol. The number of carboxylic acid groups (broad SMARTS) is 1. The average Bonchev–Trinajstić information content (AvgIpc) is 2.61. The van der Waals surface area contributed by atoms with Crippen LogP contribution < -0.4 is 9.47 Å². The third-order valence-corrected chi connectivity index (χ3v) is 2.74. The fourth-order valence-corrected chi connectivity index (χ4v) is 1.86. The molecule has 0 unspecified atom stereocenters. The first-order chi connectivity index (χ1) is 8.72. The molecule has 0 amide bonds. The molecule has 0 aliphatic carbocycles. The summed E-state index contributed by atoms with van der Waals surface area (Å²) in [6, 6.07) is 3.36. The van der Waals surface area contributed by atoms with Crippen LogP contribution in [0.4, 0.5) is 0 Å². The van der Waals surface area contributed by atoms with Gasteiger partial charge in [0.15, 0.2) is 17.8 Å². The van der Waals surface area contributed by atoms with Gasteiger partial charge < -0.3 is 14.6 Å². The molecule has 0 atom stereocenters. The fraction of sp³-hybridized carbons (Fsp3) is 0.385. The minimum atomic E-state index is -0.863. The van der Waals surface area contributed by atoms with Crippen molar-refractivity contribution in [3.8, 4) is 11.5 Å². The Hall–Kier alpha value is -2.04. The molecular formula is C13H14O5. The Kier molecular flexibility index (Phi) is 3.82. The van der Waals surface area contributed by atoms with Crippen LogP contribution in [0.5, 0.6) is 11.5 Å². The summed E-state index contributed by atoms with van der Waals surface area (Å²) in [5.74, 6) is 0.0847. The second-order valence-corrected chi connectivity index (χ2v) is 4.03. The first kappa shape index (κ1) is 12.4. The van der Waals surface area contributed by atoms with Crippen LogP contribution in [-0.2, 0) is 11.2 Å². The van der Waals surface area contributed by atoms with Crippen molar-refractivity contribution in [3.63, 3.8) is 0 Å². The van der Waals surface area contributed by atoms with E-state index in [2.05, 4.69) is 0 Å². The maximum Gasteiger partial charge on any atom is 0.303 e. The first-order valence-corrected chi connectivity index (χ1v) is 5.81. The lowest BCUT2D eigenvalue weighted by atomic mass is 10.0. The lowest BCUT2D eigenvalue weighted by Crippen LogP contribution is -2.02. The number of benzene rings is 1. The normalized spacial score (nSPS) is 13.8. The van der Waals surface area contributed by atoms with E-state index in [0.717, 1.165) is 12.0 Å². The van der Waals surface area contributed by atoms with Gasteiger partial charge >= 0.3 is 5.97 Å². The summed E-state index contributed by atoms with van der Waals surface area (Å²) < 4.78 is 11.1. The van der Waals surface area contributed by atoms with Crippen LogP contribution in [0.15, 0.2) is 12.1 Å². The number of carbonyl (C=O) groups is 2. The largest absolute Gasteiger partial charge is 0.489 e. The smallest absolute Gasteiger partial charge is 0.303 e. The lowest BCUT2D eigenvalue weighted by molar-refractivity contribution is -0.136. The van der Waals surface area contributed by atoms with Crippen molar-refractivity contribution in [2.45, 2.75) is 19.3 Å². The fourth-order valence-electron chi connectivity index (χ4n) is 1.86. The van der Waals surface area contributed by atoms with Gasteiger partial charge in [0, 0.05) is 12.8 Å². The minimum Gasteiger partial charge on any atom is -0.489 e. The van der Waals surface area contributed by atoms with Crippen LogP contribution in [0.2, 0.25) is 0 Å². The zero-order chi connectivity index (χ0) is 13.0. The van der Waals surface area contributed by atoms with Crippen molar-refractivity contribution in [1.82, 2.24) is 0 Å². The molecule has 0 radical (unpaired) electrons. The number of hydrogen-bond donors (Lipinski definition) is 1. The van der Waals surface area contributed by atoms with Gasteiger partial charge in [0.2, 0.25) is 0 Å². The number of carboxylic acids is 1. The highest BCUT2D eigenvalue weighted by Crippen LogP contribution is 2.36. The first-order valence-electron chi connectivity index (χ1n) is 5.81. The van der Waals surface area contributed by atoms with Gasteiger partial charge in [0.05, 0.1) is 18.8 Å². The summed E-state index contributed by atoms with van der Waals surface area (Å²) >= 11 is 0. The van der Waals surface area contributed by atoms with Crippen molar-refractivity contribution in [3.05, 3.63) is 23.3 Å². The zero-order valence-electron chi connectivity index (χ0n) is 9.85. The van der Waals surface area contributed by atoms with Crippen LogP contribution in [0.3, 0.4) is 0 Å². The van der Waals surface area contributed by atoms with E-state index in [1.54, 1.807) is 12.1 Å². The Morgan fingerprint density at radius 3 is 2.67 bits per heavy atom. The molecule has 1 aliphatic heterocycles. The van der Waals surface area contributed by atoms with Crippen molar-refractivity contribution in [2.24, 2.45) is 0 Å².